The quantitative estimate of drug-likeness (QED) is 0.406. The van der Waals surface area contributed by atoms with Gasteiger partial charge in [0.25, 0.3) is 0 Å². The number of nitro groups is 1. The van der Waals surface area contributed by atoms with Crippen LogP contribution in [0.4, 0.5) is 10.1 Å². The molecule has 1 aromatic carbocycles. The monoisotopic (exact) mass is 409 g/mol. The van der Waals surface area contributed by atoms with Gasteiger partial charge in [0.15, 0.2) is 0 Å². The van der Waals surface area contributed by atoms with E-state index >= 15 is 0 Å². The highest BCUT2D eigenvalue weighted by Crippen LogP contribution is 2.51. The number of nitro benzene ring substituents is 1. The minimum absolute atomic E-state index is 0.0817. The van der Waals surface area contributed by atoms with Crippen LogP contribution in [-0.4, -0.2) is 15.9 Å². The molecule has 4 nitrogen and oxygen atoms in total. The summed E-state index contributed by atoms with van der Waals surface area (Å²) in [4.78, 5) is 10.7. The van der Waals surface area contributed by atoms with Crippen molar-refractivity contribution in [2.45, 2.75) is 37.6 Å². The summed E-state index contributed by atoms with van der Waals surface area (Å²) >= 11 is 6.73. The third-order valence-corrected chi connectivity index (χ3v) is 6.09. The molecule has 3 atom stereocenters. The molecule has 0 bridgehead atoms. The minimum Gasteiger partial charge on any atom is -0.482 e. The molecule has 110 valence electrons. The highest BCUT2D eigenvalue weighted by molar-refractivity contribution is 9.10. The van der Waals surface area contributed by atoms with Crippen molar-refractivity contribution >= 4 is 37.5 Å². The van der Waals surface area contributed by atoms with Crippen LogP contribution in [0, 0.1) is 21.3 Å². The van der Waals surface area contributed by atoms with Crippen molar-refractivity contribution in [1.82, 2.24) is 0 Å². The van der Waals surface area contributed by atoms with Gasteiger partial charge in [-0.1, -0.05) is 29.8 Å². The second-order valence-corrected chi connectivity index (χ2v) is 7.12. The molecular formula is C13H14Br2FNO3. The number of halogens is 3. The SMILES string of the molecule is CCC1(C)C(Br)CC1Oc1c(Br)cc(F)cc1[N+](=O)[O-]. The molecule has 0 radical (unpaired) electrons. The highest BCUT2D eigenvalue weighted by atomic mass is 79.9. The van der Waals surface area contributed by atoms with Gasteiger partial charge in [-0.3, -0.25) is 10.1 Å². The van der Waals surface area contributed by atoms with Crippen LogP contribution in [0.1, 0.15) is 26.7 Å². The average molecular weight is 411 g/mol. The molecule has 0 aromatic heterocycles. The first-order valence-corrected chi connectivity index (χ1v) is 7.94. The summed E-state index contributed by atoms with van der Waals surface area (Å²) in [6.45, 7) is 4.13. The third kappa shape index (κ3) is 2.57. The fourth-order valence-electron chi connectivity index (χ4n) is 2.34. The van der Waals surface area contributed by atoms with Gasteiger partial charge in [0.1, 0.15) is 11.9 Å². The zero-order valence-electron chi connectivity index (χ0n) is 11.0. The maximum absolute atomic E-state index is 13.3. The smallest absolute Gasteiger partial charge is 0.315 e. The van der Waals surface area contributed by atoms with E-state index in [1.807, 2.05) is 0 Å². The Morgan fingerprint density at radius 3 is 2.75 bits per heavy atom. The Bertz CT molecular complexity index is 555. The van der Waals surface area contributed by atoms with Crippen molar-refractivity contribution in [2.75, 3.05) is 0 Å². The van der Waals surface area contributed by atoms with Gasteiger partial charge in [0.05, 0.1) is 15.5 Å². The van der Waals surface area contributed by atoms with E-state index in [4.69, 9.17) is 4.74 Å². The van der Waals surface area contributed by atoms with Crippen molar-refractivity contribution < 1.29 is 14.1 Å². The minimum atomic E-state index is -0.666. The zero-order valence-corrected chi connectivity index (χ0v) is 14.2. The van der Waals surface area contributed by atoms with Gasteiger partial charge in [-0.15, -0.1) is 0 Å². The molecule has 0 heterocycles. The van der Waals surface area contributed by atoms with Gasteiger partial charge >= 0.3 is 5.69 Å². The van der Waals surface area contributed by atoms with E-state index in [0.717, 1.165) is 18.9 Å². The van der Waals surface area contributed by atoms with Crippen LogP contribution in [0.15, 0.2) is 16.6 Å². The number of rotatable bonds is 4. The van der Waals surface area contributed by atoms with E-state index in [9.17, 15) is 14.5 Å². The summed E-state index contributed by atoms with van der Waals surface area (Å²) < 4.78 is 19.4. The number of hydrogen-bond donors (Lipinski definition) is 0. The van der Waals surface area contributed by atoms with E-state index in [2.05, 4.69) is 45.7 Å². The van der Waals surface area contributed by atoms with E-state index in [-0.39, 0.29) is 27.4 Å². The molecule has 2 rings (SSSR count). The molecular weight excluding hydrogens is 397 g/mol. The predicted molar refractivity (Wildman–Crippen MR) is 80.9 cm³/mol. The Balaban J connectivity index is 2.33. The first-order valence-electron chi connectivity index (χ1n) is 6.23. The maximum Gasteiger partial charge on any atom is 0.315 e. The second kappa shape index (κ2) is 5.60. The van der Waals surface area contributed by atoms with E-state index in [1.165, 1.54) is 6.07 Å². The molecule has 1 aliphatic carbocycles. The first-order chi connectivity index (χ1) is 9.29. The molecule has 0 spiro atoms. The predicted octanol–water partition coefficient (Wildman–Crippen LogP) is 4.83. The van der Waals surface area contributed by atoms with E-state index in [1.54, 1.807) is 0 Å². The van der Waals surface area contributed by atoms with Crippen LogP contribution < -0.4 is 4.74 Å². The van der Waals surface area contributed by atoms with Crippen molar-refractivity contribution in [3.8, 4) is 5.75 Å². The summed E-state index contributed by atoms with van der Waals surface area (Å²) in [5.41, 5.74) is -0.435. The molecule has 0 amide bonds. The van der Waals surface area contributed by atoms with Crippen LogP contribution in [-0.2, 0) is 0 Å². The standard InChI is InChI=1S/C13H14Br2FNO3/c1-3-13(2)10(15)6-11(13)20-12-8(14)4-7(16)5-9(12)17(18)19/h4-5,10-11H,3,6H2,1-2H3. The van der Waals surface area contributed by atoms with Crippen LogP contribution >= 0.6 is 31.9 Å². The molecule has 20 heavy (non-hydrogen) atoms. The number of nitrogens with zero attached hydrogens (tertiary/aromatic N) is 1. The van der Waals surface area contributed by atoms with Gasteiger partial charge < -0.3 is 4.74 Å². The van der Waals surface area contributed by atoms with Crippen LogP contribution in [0.5, 0.6) is 5.75 Å². The lowest BCUT2D eigenvalue weighted by Crippen LogP contribution is -2.54. The van der Waals surface area contributed by atoms with Gasteiger partial charge in [-0.2, -0.15) is 0 Å². The molecule has 0 saturated heterocycles. The summed E-state index contributed by atoms with van der Waals surface area (Å²) in [6, 6.07) is 2.06. The lowest BCUT2D eigenvalue weighted by molar-refractivity contribution is -0.386. The van der Waals surface area contributed by atoms with E-state index < -0.39 is 10.7 Å². The maximum atomic E-state index is 13.3. The van der Waals surface area contributed by atoms with Crippen molar-refractivity contribution in [3.05, 3.63) is 32.5 Å². The Labute approximate surface area is 133 Å². The van der Waals surface area contributed by atoms with Crippen molar-refractivity contribution in [2.24, 2.45) is 5.41 Å². The Morgan fingerprint density at radius 2 is 2.25 bits per heavy atom. The fourth-order valence-corrected chi connectivity index (χ4v) is 3.81. The number of benzene rings is 1. The summed E-state index contributed by atoms with van der Waals surface area (Å²) in [5, 5.41) is 11.0. The Hall–Kier alpha value is -0.690. The van der Waals surface area contributed by atoms with Crippen molar-refractivity contribution in [3.63, 3.8) is 0 Å². The van der Waals surface area contributed by atoms with Crippen molar-refractivity contribution in [1.29, 1.82) is 0 Å². The Morgan fingerprint density at radius 1 is 1.60 bits per heavy atom. The summed E-state index contributed by atoms with van der Waals surface area (Å²) in [7, 11) is 0. The normalized spacial score (nSPS) is 28.9. The molecule has 1 aliphatic rings. The first kappa shape index (κ1) is 15.7. The molecule has 0 aliphatic heterocycles. The van der Waals surface area contributed by atoms with Gasteiger partial charge in [0.2, 0.25) is 5.75 Å². The van der Waals surface area contributed by atoms with Gasteiger partial charge in [-0.25, -0.2) is 4.39 Å². The number of hydrogen-bond acceptors (Lipinski definition) is 3. The van der Waals surface area contributed by atoms with Crippen LogP contribution in [0.25, 0.3) is 0 Å². The second-order valence-electron chi connectivity index (χ2n) is 5.16. The molecule has 7 heteroatoms. The molecule has 3 unspecified atom stereocenters. The number of alkyl halides is 1. The molecule has 1 aromatic rings. The molecule has 0 N–H and O–H groups in total. The molecule has 1 saturated carbocycles. The van der Waals surface area contributed by atoms with Gasteiger partial charge in [-0.05, 0) is 34.8 Å². The highest BCUT2D eigenvalue weighted by Gasteiger charge is 2.51. The fraction of sp³-hybridized carbons (Fsp3) is 0.538. The van der Waals surface area contributed by atoms with E-state index in [0.29, 0.717) is 4.83 Å². The summed E-state index contributed by atoms with van der Waals surface area (Å²) in [5.74, 6) is -0.568. The molecule has 1 fully saturated rings. The average Bonchev–Trinajstić information content (AvgIpc) is 2.38. The summed E-state index contributed by atoms with van der Waals surface area (Å²) in [6.07, 6.45) is 1.53. The van der Waals surface area contributed by atoms with Crippen LogP contribution in [0.3, 0.4) is 0 Å². The number of ether oxygens (including phenoxy) is 1. The Kier molecular flexibility index (Phi) is 4.39. The zero-order chi connectivity index (χ0) is 15.1. The lowest BCUT2D eigenvalue weighted by Gasteiger charge is -2.50. The third-order valence-electron chi connectivity index (χ3n) is 4.08. The van der Waals surface area contributed by atoms with Gasteiger partial charge in [0, 0.05) is 10.2 Å². The van der Waals surface area contributed by atoms with Crippen LogP contribution in [0.2, 0.25) is 0 Å². The lowest BCUT2D eigenvalue weighted by atomic mass is 9.65. The topological polar surface area (TPSA) is 52.4 Å². The largest absolute Gasteiger partial charge is 0.482 e.